The summed E-state index contributed by atoms with van der Waals surface area (Å²) in [5.41, 5.74) is 5.70. The van der Waals surface area contributed by atoms with Crippen molar-refractivity contribution in [1.82, 2.24) is 29.6 Å². The second-order valence-corrected chi connectivity index (χ2v) is 13.2. The highest BCUT2D eigenvalue weighted by Gasteiger charge is 2.49. The number of nitrogens with zero attached hydrogens (tertiary/aromatic N) is 8. The van der Waals surface area contributed by atoms with Crippen LogP contribution in [-0.2, 0) is 0 Å². The minimum atomic E-state index is -0.770. The van der Waals surface area contributed by atoms with Crippen molar-refractivity contribution in [3.63, 3.8) is 0 Å². The van der Waals surface area contributed by atoms with Gasteiger partial charge < -0.3 is 20.3 Å². The van der Waals surface area contributed by atoms with Crippen molar-refractivity contribution < 1.29 is 18.3 Å². The van der Waals surface area contributed by atoms with Gasteiger partial charge in [0.2, 0.25) is 0 Å². The summed E-state index contributed by atoms with van der Waals surface area (Å²) in [6.07, 6.45) is 6.79. The average Bonchev–Trinajstić information content (AvgIpc) is 3.73. The quantitative estimate of drug-likeness (QED) is 0.233. The number of fused-ring (bicyclic) bond motifs is 2. The Labute approximate surface area is 271 Å². The predicted molar refractivity (Wildman–Crippen MR) is 171 cm³/mol. The smallest absolute Gasteiger partial charge is 0.346 e. The molecule has 2 aromatic carbocycles. The van der Waals surface area contributed by atoms with Crippen molar-refractivity contribution in [3.05, 3.63) is 53.1 Å². The molecule has 236 valence electrons. The predicted octanol–water partition coefficient (Wildman–Crippen LogP) is 6.38. The maximum Gasteiger partial charge on any atom is 0.346 e. The van der Waals surface area contributed by atoms with Gasteiger partial charge in [-0.3, -0.25) is 0 Å². The minimum absolute atomic E-state index is 0.0280. The monoisotopic (exact) mass is 663 g/mol. The number of anilines is 2. The molecule has 5 aromatic rings. The largest absolute Gasteiger partial charge is 0.467 e. The Morgan fingerprint density at radius 3 is 2.83 bits per heavy atom. The van der Waals surface area contributed by atoms with E-state index < -0.39 is 17.2 Å². The van der Waals surface area contributed by atoms with Gasteiger partial charge in [0.1, 0.15) is 40.9 Å². The lowest BCUT2D eigenvalue weighted by molar-refractivity contribution is 0.122. The number of ether oxygens (including phenoxy) is 1. The lowest BCUT2D eigenvalue weighted by Crippen LogP contribution is -2.56. The van der Waals surface area contributed by atoms with Gasteiger partial charge in [0, 0.05) is 35.5 Å². The van der Waals surface area contributed by atoms with E-state index in [0.717, 1.165) is 43.4 Å². The average molecular weight is 664 g/mol. The van der Waals surface area contributed by atoms with E-state index in [-0.39, 0.29) is 60.4 Å². The molecule has 0 bridgehead atoms. The molecule has 1 amide bonds. The zero-order chi connectivity index (χ0) is 32.3. The van der Waals surface area contributed by atoms with Crippen molar-refractivity contribution in [3.8, 4) is 23.2 Å². The fraction of sp³-hybridized carbons (Fsp3) is 0.355. The lowest BCUT2D eigenvalue weighted by Gasteiger charge is -2.42. The van der Waals surface area contributed by atoms with E-state index >= 15 is 4.39 Å². The highest BCUT2D eigenvalue weighted by atomic mass is 35.5. The molecule has 2 N–H and O–H groups in total. The van der Waals surface area contributed by atoms with Gasteiger partial charge >= 0.3 is 12.0 Å². The molecule has 0 radical (unpaired) electrons. The van der Waals surface area contributed by atoms with Crippen molar-refractivity contribution in [1.29, 1.82) is 5.26 Å². The lowest BCUT2D eigenvalue weighted by atomic mass is 9.90. The summed E-state index contributed by atoms with van der Waals surface area (Å²) >= 11 is 7.76. The third-order valence-electron chi connectivity index (χ3n) is 9.13. The molecule has 2 unspecified atom stereocenters. The molecule has 15 heteroatoms. The number of methoxy groups -OCH3 is 1. The van der Waals surface area contributed by atoms with Gasteiger partial charge in [-0.2, -0.15) is 25.0 Å². The second-order valence-electron chi connectivity index (χ2n) is 11.7. The van der Waals surface area contributed by atoms with Crippen LogP contribution >= 0.6 is 22.9 Å². The van der Waals surface area contributed by atoms with E-state index in [1.54, 1.807) is 6.07 Å². The van der Waals surface area contributed by atoms with Gasteiger partial charge in [-0.15, -0.1) is 11.3 Å². The number of amides is 1. The van der Waals surface area contributed by atoms with Crippen LogP contribution in [0.2, 0.25) is 5.02 Å². The Morgan fingerprint density at radius 2 is 2.09 bits per heavy atom. The minimum Gasteiger partial charge on any atom is -0.467 e. The van der Waals surface area contributed by atoms with E-state index in [4.69, 9.17) is 22.1 Å². The molecule has 7 rings (SSSR count). The summed E-state index contributed by atoms with van der Waals surface area (Å²) in [5.74, 6) is -0.925. The van der Waals surface area contributed by atoms with Crippen molar-refractivity contribution in [2.45, 2.75) is 50.6 Å². The van der Waals surface area contributed by atoms with Crippen LogP contribution in [0.15, 0.2) is 30.9 Å². The molecule has 2 aliphatic rings. The van der Waals surface area contributed by atoms with Crippen LogP contribution in [-0.4, -0.2) is 67.4 Å². The number of halogens is 3. The molecule has 0 aliphatic carbocycles. The van der Waals surface area contributed by atoms with Crippen LogP contribution in [0.1, 0.15) is 44.6 Å². The number of aromatic nitrogens is 5. The second kappa shape index (κ2) is 11.3. The summed E-state index contributed by atoms with van der Waals surface area (Å²) in [7, 11) is 1.40. The van der Waals surface area contributed by atoms with E-state index in [0.29, 0.717) is 24.3 Å². The van der Waals surface area contributed by atoms with Gasteiger partial charge in [0.25, 0.3) is 0 Å². The summed E-state index contributed by atoms with van der Waals surface area (Å²) in [6, 6.07) is 5.88. The Hall–Kier alpha value is -4.61. The topological polar surface area (TPSA) is 139 Å². The zero-order valence-corrected chi connectivity index (χ0v) is 26.5. The van der Waals surface area contributed by atoms with Gasteiger partial charge in [0.15, 0.2) is 5.82 Å². The molecule has 2 fully saturated rings. The molecule has 2 saturated heterocycles. The van der Waals surface area contributed by atoms with Crippen molar-refractivity contribution in [2.24, 2.45) is 0 Å². The normalized spacial score (nSPS) is 20.0. The van der Waals surface area contributed by atoms with Crippen LogP contribution in [0.3, 0.4) is 0 Å². The van der Waals surface area contributed by atoms with Crippen LogP contribution < -0.4 is 15.4 Å². The molecule has 3 aromatic heterocycles. The fourth-order valence-corrected chi connectivity index (χ4v) is 8.35. The number of nitriles is 1. The van der Waals surface area contributed by atoms with E-state index in [9.17, 15) is 14.4 Å². The molecular weight excluding hydrogens is 636 g/mol. The third kappa shape index (κ3) is 4.60. The summed E-state index contributed by atoms with van der Waals surface area (Å²) in [4.78, 5) is 30.7. The number of nitrogens with two attached hydrogens (primary N) is 1. The first-order valence-corrected chi connectivity index (χ1v) is 15.9. The molecule has 2 aliphatic heterocycles. The number of rotatable bonds is 3. The molecule has 0 saturated carbocycles. The number of carbonyl (C=O) groups excluding carboxylic acids is 1. The number of thiophene rings is 1. The highest BCUT2D eigenvalue weighted by Crippen LogP contribution is 2.47. The van der Waals surface area contributed by atoms with Crippen LogP contribution in [0.4, 0.5) is 24.4 Å². The maximum absolute atomic E-state index is 16.8. The van der Waals surface area contributed by atoms with Crippen LogP contribution in [0, 0.1) is 23.0 Å². The molecule has 11 nitrogen and oxygen atoms in total. The first kappa shape index (κ1) is 30.1. The molecular formula is C31H28ClF2N9O2S. The standard InChI is InChI=1S/C31H28ClF2N9O2S/c1-16-7-9-31(43(16)30(44)42-15-37-14-38-42)8-3-4-10-41(13-31)28-18-11-20(32)23(24(34)25(18)39-29(40-28)45-2)17-5-6-21(33)26-22(17)19(12-35)27(36)46-26/h5-6,11,14-16H,3-4,7-10,13,36H2,1-2H3. The van der Waals surface area contributed by atoms with E-state index in [2.05, 4.69) is 25.0 Å². The van der Waals surface area contributed by atoms with E-state index in [1.807, 2.05) is 17.9 Å². The van der Waals surface area contributed by atoms with Crippen molar-refractivity contribution in [2.75, 3.05) is 30.8 Å². The number of likely N-dealkylation sites (tertiary alicyclic amines) is 1. The van der Waals surface area contributed by atoms with Gasteiger partial charge in [-0.1, -0.05) is 17.7 Å². The molecule has 1 spiro atoms. The molecule has 5 heterocycles. The first-order valence-electron chi connectivity index (χ1n) is 14.8. The molecule has 46 heavy (non-hydrogen) atoms. The Balaban J connectivity index is 1.39. The summed E-state index contributed by atoms with van der Waals surface area (Å²) in [5, 5.41) is 14.6. The zero-order valence-electron chi connectivity index (χ0n) is 24.9. The number of nitrogen functional groups attached to an aromatic ring is 1. The number of hydrogen-bond acceptors (Lipinski definition) is 10. The Bertz CT molecular complexity index is 2070. The Kier molecular flexibility index (Phi) is 7.40. The fourth-order valence-electron chi connectivity index (χ4n) is 7.10. The SMILES string of the molecule is COc1nc(N2CCCCC3(CCC(C)N3C(=O)n3cncn3)C2)c2cc(Cl)c(-c3ccc(F)c4sc(N)c(C#N)c34)c(F)c2n1. The van der Waals surface area contributed by atoms with Gasteiger partial charge in [-0.05, 0) is 56.7 Å². The third-order valence-corrected chi connectivity index (χ3v) is 10.5. The van der Waals surface area contributed by atoms with Gasteiger partial charge in [-0.25, -0.2) is 18.6 Å². The van der Waals surface area contributed by atoms with Crippen molar-refractivity contribution >= 4 is 60.8 Å². The van der Waals surface area contributed by atoms with Crippen LogP contribution in [0.25, 0.3) is 32.1 Å². The highest BCUT2D eigenvalue weighted by molar-refractivity contribution is 7.23. The van der Waals surface area contributed by atoms with Gasteiger partial charge in [0.05, 0.1) is 27.9 Å². The number of benzene rings is 2. The summed E-state index contributed by atoms with van der Waals surface area (Å²) < 4.78 is 38.4. The number of hydrogen-bond donors (Lipinski definition) is 1. The first-order chi connectivity index (χ1) is 22.2. The molecule has 2 atom stereocenters. The van der Waals surface area contributed by atoms with E-state index in [1.165, 1.54) is 36.6 Å². The Morgan fingerprint density at radius 1 is 1.26 bits per heavy atom. The number of carbonyl (C=O) groups is 1. The summed E-state index contributed by atoms with van der Waals surface area (Å²) in [6.45, 7) is 3.06. The van der Waals surface area contributed by atoms with Crippen LogP contribution in [0.5, 0.6) is 6.01 Å². The maximum atomic E-state index is 16.8.